The summed E-state index contributed by atoms with van der Waals surface area (Å²) in [4.78, 5) is 4.71. The summed E-state index contributed by atoms with van der Waals surface area (Å²) in [7, 11) is 2.12. The average Bonchev–Trinajstić information content (AvgIpc) is 3.07. The van der Waals surface area contributed by atoms with E-state index in [1.165, 1.54) is 29.7 Å². The molecule has 0 unspecified atom stereocenters. The molecule has 1 aliphatic carbocycles. The molecule has 0 radical (unpaired) electrons. The lowest BCUT2D eigenvalue weighted by atomic mass is 10.1. The minimum Gasteiger partial charge on any atom is -0.331 e. The van der Waals surface area contributed by atoms with Gasteiger partial charge in [-0.2, -0.15) is 0 Å². The molecule has 1 heterocycles. The Labute approximate surface area is 95.3 Å². The van der Waals surface area contributed by atoms with Crippen LogP contribution in [0.15, 0.2) is 18.2 Å². The molecule has 1 aromatic heterocycles. The summed E-state index contributed by atoms with van der Waals surface area (Å²) < 4.78 is 2.24. The maximum atomic E-state index is 5.58. The Bertz CT molecular complexity index is 523. The van der Waals surface area contributed by atoms with E-state index < -0.39 is 0 Å². The number of fused-ring (bicyclic) bond motifs is 1. The molecule has 16 heavy (non-hydrogen) atoms. The average molecular weight is 215 g/mol. The molecular formula is C13H17N3. The van der Waals surface area contributed by atoms with Crippen LogP contribution in [0, 0.1) is 0 Å². The number of nitrogens with zero attached hydrogens (tertiary/aromatic N) is 2. The van der Waals surface area contributed by atoms with Crippen molar-refractivity contribution in [3.63, 3.8) is 0 Å². The van der Waals surface area contributed by atoms with E-state index in [0.29, 0.717) is 12.5 Å². The Morgan fingerprint density at radius 1 is 1.44 bits per heavy atom. The van der Waals surface area contributed by atoms with Gasteiger partial charge in [0.15, 0.2) is 0 Å². The summed E-state index contributed by atoms with van der Waals surface area (Å²) in [6.07, 6.45) is 3.54. The predicted molar refractivity (Wildman–Crippen MR) is 65.4 cm³/mol. The number of nitrogens with two attached hydrogens (primary N) is 1. The van der Waals surface area contributed by atoms with Gasteiger partial charge in [0.1, 0.15) is 5.82 Å². The Balaban J connectivity index is 2.11. The van der Waals surface area contributed by atoms with E-state index >= 15 is 0 Å². The second-order valence-electron chi connectivity index (χ2n) is 4.67. The molecule has 3 rings (SSSR count). The maximum absolute atomic E-state index is 5.58. The SMILES string of the molecule is Cn1c(C2CC2)nc2ccc(CCN)cc21. The Morgan fingerprint density at radius 3 is 2.94 bits per heavy atom. The number of benzene rings is 1. The van der Waals surface area contributed by atoms with Crippen LogP contribution in [0.2, 0.25) is 0 Å². The first-order valence-electron chi connectivity index (χ1n) is 5.95. The molecule has 1 saturated carbocycles. The lowest BCUT2D eigenvalue weighted by Gasteiger charge is -2.01. The zero-order chi connectivity index (χ0) is 11.1. The number of hydrogen-bond acceptors (Lipinski definition) is 2. The first-order chi connectivity index (χ1) is 7.79. The molecule has 0 aliphatic heterocycles. The van der Waals surface area contributed by atoms with Gasteiger partial charge in [-0.1, -0.05) is 6.07 Å². The highest BCUT2D eigenvalue weighted by Gasteiger charge is 2.28. The van der Waals surface area contributed by atoms with Gasteiger partial charge in [0, 0.05) is 13.0 Å². The highest BCUT2D eigenvalue weighted by molar-refractivity contribution is 5.77. The Kier molecular flexibility index (Phi) is 2.21. The van der Waals surface area contributed by atoms with Crippen LogP contribution in [0.1, 0.15) is 30.1 Å². The summed E-state index contributed by atoms with van der Waals surface area (Å²) >= 11 is 0. The molecule has 3 nitrogen and oxygen atoms in total. The normalized spacial score (nSPS) is 15.9. The van der Waals surface area contributed by atoms with Crippen molar-refractivity contribution in [1.29, 1.82) is 0 Å². The third-order valence-corrected chi connectivity index (χ3v) is 3.36. The van der Waals surface area contributed by atoms with Gasteiger partial charge < -0.3 is 10.3 Å². The molecule has 1 aromatic carbocycles. The van der Waals surface area contributed by atoms with Gasteiger partial charge in [-0.3, -0.25) is 0 Å². The summed E-state index contributed by atoms with van der Waals surface area (Å²) in [5.41, 5.74) is 9.25. The minimum atomic E-state index is 0.704. The van der Waals surface area contributed by atoms with E-state index in [4.69, 9.17) is 10.7 Å². The molecule has 0 spiro atoms. The van der Waals surface area contributed by atoms with Crippen LogP contribution in [-0.2, 0) is 13.5 Å². The van der Waals surface area contributed by atoms with Crippen molar-refractivity contribution in [1.82, 2.24) is 9.55 Å². The summed E-state index contributed by atoms with van der Waals surface area (Å²) in [6.45, 7) is 0.707. The van der Waals surface area contributed by atoms with Gasteiger partial charge in [-0.05, 0) is 43.5 Å². The molecule has 2 aromatic rings. The highest BCUT2D eigenvalue weighted by atomic mass is 15.1. The second kappa shape index (κ2) is 3.59. The largest absolute Gasteiger partial charge is 0.331 e. The van der Waals surface area contributed by atoms with Gasteiger partial charge in [0.2, 0.25) is 0 Å². The van der Waals surface area contributed by atoms with Crippen LogP contribution >= 0.6 is 0 Å². The number of rotatable bonds is 3. The van der Waals surface area contributed by atoms with Gasteiger partial charge in [-0.15, -0.1) is 0 Å². The van der Waals surface area contributed by atoms with Crippen LogP contribution < -0.4 is 5.73 Å². The number of aromatic nitrogens is 2. The van der Waals surface area contributed by atoms with E-state index in [-0.39, 0.29) is 0 Å². The Hall–Kier alpha value is -1.35. The molecule has 0 bridgehead atoms. The number of hydrogen-bond donors (Lipinski definition) is 1. The summed E-state index contributed by atoms with van der Waals surface area (Å²) in [6, 6.07) is 6.48. The topological polar surface area (TPSA) is 43.8 Å². The van der Waals surface area contributed by atoms with Crippen molar-refractivity contribution >= 4 is 11.0 Å². The standard InChI is InChI=1S/C13H17N3/c1-16-12-8-9(6-7-14)2-5-11(12)15-13(16)10-3-4-10/h2,5,8,10H,3-4,6-7,14H2,1H3. The van der Waals surface area contributed by atoms with Gasteiger partial charge in [0.05, 0.1) is 11.0 Å². The van der Waals surface area contributed by atoms with E-state index in [1.807, 2.05) is 0 Å². The van der Waals surface area contributed by atoms with Crippen molar-refractivity contribution in [2.45, 2.75) is 25.2 Å². The van der Waals surface area contributed by atoms with E-state index in [1.54, 1.807) is 0 Å². The molecule has 0 saturated heterocycles. The quantitative estimate of drug-likeness (QED) is 0.850. The van der Waals surface area contributed by atoms with Crippen molar-refractivity contribution in [2.75, 3.05) is 6.54 Å². The van der Waals surface area contributed by atoms with Gasteiger partial charge in [-0.25, -0.2) is 4.98 Å². The van der Waals surface area contributed by atoms with Crippen molar-refractivity contribution in [2.24, 2.45) is 12.8 Å². The molecule has 1 aliphatic rings. The van der Waals surface area contributed by atoms with Crippen molar-refractivity contribution in [3.05, 3.63) is 29.6 Å². The van der Waals surface area contributed by atoms with Gasteiger partial charge >= 0.3 is 0 Å². The molecule has 0 amide bonds. The molecule has 3 heteroatoms. The van der Waals surface area contributed by atoms with Crippen LogP contribution in [-0.4, -0.2) is 16.1 Å². The van der Waals surface area contributed by atoms with Gasteiger partial charge in [0.25, 0.3) is 0 Å². The van der Waals surface area contributed by atoms with Crippen molar-refractivity contribution < 1.29 is 0 Å². The number of imidazole rings is 1. The first kappa shape index (κ1) is 9.85. The Morgan fingerprint density at radius 2 is 2.25 bits per heavy atom. The lowest BCUT2D eigenvalue weighted by molar-refractivity contribution is 0.819. The smallest absolute Gasteiger partial charge is 0.112 e. The maximum Gasteiger partial charge on any atom is 0.112 e. The first-order valence-corrected chi connectivity index (χ1v) is 5.95. The lowest BCUT2D eigenvalue weighted by Crippen LogP contribution is -2.02. The van der Waals surface area contributed by atoms with E-state index in [0.717, 1.165) is 11.9 Å². The highest BCUT2D eigenvalue weighted by Crippen LogP contribution is 2.40. The van der Waals surface area contributed by atoms with Crippen LogP contribution in [0.4, 0.5) is 0 Å². The fourth-order valence-corrected chi connectivity index (χ4v) is 2.28. The summed E-state index contributed by atoms with van der Waals surface area (Å²) in [5.74, 6) is 1.95. The molecular weight excluding hydrogens is 198 g/mol. The van der Waals surface area contributed by atoms with E-state index in [9.17, 15) is 0 Å². The fraction of sp³-hybridized carbons (Fsp3) is 0.462. The molecule has 2 N–H and O–H groups in total. The molecule has 1 fully saturated rings. The third kappa shape index (κ3) is 1.52. The predicted octanol–water partition coefficient (Wildman–Crippen LogP) is 1.95. The monoisotopic (exact) mass is 215 g/mol. The second-order valence-corrected chi connectivity index (χ2v) is 4.67. The summed E-state index contributed by atoms with van der Waals surface area (Å²) in [5, 5.41) is 0. The van der Waals surface area contributed by atoms with Crippen LogP contribution in [0.5, 0.6) is 0 Å². The van der Waals surface area contributed by atoms with Crippen molar-refractivity contribution in [3.8, 4) is 0 Å². The number of aryl methyl sites for hydroxylation is 1. The third-order valence-electron chi connectivity index (χ3n) is 3.36. The van der Waals surface area contributed by atoms with Crippen LogP contribution in [0.3, 0.4) is 0 Å². The van der Waals surface area contributed by atoms with E-state index in [2.05, 4.69) is 29.8 Å². The molecule has 0 atom stereocenters. The zero-order valence-electron chi connectivity index (χ0n) is 9.61. The fourth-order valence-electron chi connectivity index (χ4n) is 2.28. The zero-order valence-corrected chi connectivity index (χ0v) is 9.61. The van der Waals surface area contributed by atoms with Crippen LogP contribution in [0.25, 0.3) is 11.0 Å². The molecule has 84 valence electrons. The minimum absolute atomic E-state index is 0.704.